The van der Waals surface area contributed by atoms with E-state index in [9.17, 15) is 8.42 Å². The molecule has 1 aromatic heterocycles. The molecule has 5 nitrogen and oxygen atoms in total. The number of hydrogen-bond donors (Lipinski definition) is 1. The van der Waals surface area contributed by atoms with Crippen LogP contribution in [0.4, 0.5) is 0 Å². The summed E-state index contributed by atoms with van der Waals surface area (Å²) in [5, 5.41) is 8.98. The van der Waals surface area contributed by atoms with Crippen LogP contribution in [-0.4, -0.2) is 50.2 Å². The van der Waals surface area contributed by atoms with E-state index >= 15 is 0 Å². The van der Waals surface area contributed by atoms with Crippen LogP contribution in [-0.2, 0) is 14.8 Å². The number of sulfonamides is 1. The first kappa shape index (κ1) is 13.3. The van der Waals surface area contributed by atoms with Crippen molar-refractivity contribution in [1.29, 1.82) is 0 Å². The van der Waals surface area contributed by atoms with Gasteiger partial charge < -0.3 is 9.84 Å². The molecule has 1 aliphatic heterocycles. The Balaban J connectivity index is 2.21. The van der Waals surface area contributed by atoms with E-state index in [2.05, 4.69) is 0 Å². The topological polar surface area (TPSA) is 66.8 Å². The SMILES string of the molecule is O=S(=O)(c1ccc(Cl)s1)N1CCOC(CO)C1. The third-order valence-corrected chi connectivity index (χ3v) is 6.01. The molecule has 0 aliphatic carbocycles. The summed E-state index contributed by atoms with van der Waals surface area (Å²) in [6, 6.07) is 3.05. The van der Waals surface area contributed by atoms with E-state index in [1.165, 1.54) is 10.4 Å². The second-order valence-electron chi connectivity index (χ2n) is 3.60. The van der Waals surface area contributed by atoms with Gasteiger partial charge in [0.25, 0.3) is 10.0 Å². The van der Waals surface area contributed by atoms with E-state index in [1.807, 2.05) is 0 Å². The third-order valence-electron chi connectivity index (χ3n) is 2.45. The zero-order valence-corrected chi connectivity index (χ0v) is 11.3. The van der Waals surface area contributed by atoms with Gasteiger partial charge in [0.05, 0.1) is 23.7 Å². The smallest absolute Gasteiger partial charge is 0.252 e. The molecule has 2 heterocycles. The van der Waals surface area contributed by atoms with Crippen LogP contribution in [0.2, 0.25) is 4.34 Å². The summed E-state index contributed by atoms with van der Waals surface area (Å²) in [6.45, 7) is 0.587. The normalized spacial score (nSPS) is 22.8. The van der Waals surface area contributed by atoms with Crippen molar-refractivity contribution in [3.63, 3.8) is 0 Å². The Bertz CT molecular complexity index is 487. The van der Waals surface area contributed by atoms with Crippen LogP contribution < -0.4 is 0 Å². The molecular formula is C9H12ClNO4S2. The lowest BCUT2D eigenvalue weighted by molar-refractivity contribution is -0.0304. The fourth-order valence-electron chi connectivity index (χ4n) is 1.58. The third kappa shape index (κ3) is 2.81. The number of nitrogens with zero attached hydrogens (tertiary/aromatic N) is 1. The van der Waals surface area contributed by atoms with Crippen LogP contribution in [0.25, 0.3) is 0 Å². The number of rotatable bonds is 3. The monoisotopic (exact) mass is 297 g/mol. The van der Waals surface area contributed by atoms with Crippen molar-refractivity contribution >= 4 is 33.0 Å². The molecule has 1 saturated heterocycles. The molecule has 1 aliphatic rings. The first-order valence-corrected chi connectivity index (χ1v) is 7.65. The Labute approximate surface area is 109 Å². The highest BCUT2D eigenvalue weighted by Gasteiger charge is 2.31. The molecule has 0 amide bonds. The van der Waals surface area contributed by atoms with Crippen LogP contribution in [0, 0.1) is 0 Å². The molecule has 0 saturated carbocycles. The second kappa shape index (κ2) is 5.21. The number of aliphatic hydroxyl groups is 1. The number of morpholine rings is 1. The summed E-state index contributed by atoms with van der Waals surface area (Å²) in [6.07, 6.45) is -0.450. The lowest BCUT2D eigenvalue weighted by atomic mass is 10.3. The van der Waals surface area contributed by atoms with Gasteiger partial charge in [0.15, 0.2) is 0 Å². The van der Waals surface area contributed by atoms with Gasteiger partial charge in [-0.2, -0.15) is 4.31 Å². The minimum atomic E-state index is -3.51. The molecule has 1 N–H and O–H groups in total. The van der Waals surface area contributed by atoms with Crippen molar-refractivity contribution in [3.8, 4) is 0 Å². The highest BCUT2D eigenvalue weighted by atomic mass is 35.5. The number of thiophene rings is 1. The van der Waals surface area contributed by atoms with Crippen molar-refractivity contribution in [2.75, 3.05) is 26.3 Å². The Hall–Kier alpha value is -0.180. The van der Waals surface area contributed by atoms with Crippen molar-refractivity contribution in [2.24, 2.45) is 0 Å². The summed E-state index contributed by atoms with van der Waals surface area (Å²) in [5.74, 6) is 0. The van der Waals surface area contributed by atoms with Crippen LogP contribution in [0.5, 0.6) is 0 Å². The lowest BCUT2D eigenvalue weighted by Gasteiger charge is -2.30. The predicted molar refractivity (Wildman–Crippen MR) is 64.9 cm³/mol. The van der Waals surface area contributed by atoms with Crippen molar-refractivity contribution in [2.45, 2.75) is 10.3 Å². The molecular weight excluding hydrogens is 286 g/mol. The molecule has 8 heteroatoms. The molecule has 0 aromatic carbocycles. The fourth-order valence-corrected chi connectivity index (χ4v) is 4.68. The average molecular weight is 298 g/mol. The predicted octanol–water partition coefficient (Wildman–Crippen LogP) is 0.783. The highest BCUT2D eigenvalue weighted by molar-refractivity contribution is 7.91. The van der Waals surface area contributed by atoms with Crippen molar-refractivity contribution in [3.05, 3.63) is 16.5 Å². The van der Waals surface area contributed by atoms with Gasteiger partial charge in [0.2, 0.25) is 0 Å². The number of aliphatic hydroxyl groups excluding tert-OH is 1. The molecule has 0 radical (unpaired) electrons. The van der Waals surface area contributed by atoms with Gasteiger partial charge in [-0.05, 0) is 12.1 Å². The number of halogens is 1. The van der Waals surface area contributed by atoms with Crippen molar-refractivity contribution < 1.29 is 18.3 Å². The zero-order chi connectivity index (χ0) is 12.5. The summed E-state index contributed by atoms with van der Waals surface area (Å²) >= 11 is 6.76. The summed E-state index contributed by atoms with van der Waals surface area (Å²) in [5.41, 5.74) is 0. The molecule has 1 aromatic rings. The molecule has 1 atom stereocenters. The van der Waals surface area contributed by atoms with Crippen molar-refractivity contribution in [1.82, 2.24) is 4.31 Å². The maximum absolute atomic E-state index is 12.2. The standard InChI is InChI=1S/C9H12ClNO4S2/c10-8-1-2-9(16-8)17(13,14)11-3-4-15-7(5-11)6-12/h1-2,7,12H,3-6H2. The van der Waals surface area contributed by atoms with E-state index < -0.39 is 16.1 Å². The van der Waals surface area contributed by atoms with Crippen LogP contribution in [0.3, 0.4) is 0 Å². The Kier molecular flexibility index (Phi) is 4.06. The Morgan fingerprint density at radius 2 is 2.35 bits per heavy atom. The summed E-state index contributed by atoms with van der Waals surface area (Å²) < 4.78 is 31.6. The van der Waals surface area contributed by atoms with E-state index in [1.54, 1.807) is 6.07 Å². The van der Waals surface area contributed by atoms with Crippen LogP contribution >= 0.6 is 22.9 Å². The summed E-state index contributed by atoms with van der Waals surface area (Å²) in [7, 11) is -3.51. The molecule has 1 fully saturated rings. The maximum Gasteiger partial charge on any atom is 0.252 e. The molecule has 1 unspecified atom stereocenters. The highest BCUT2D eigenvalue weighted by Crippen LogP contribution is 2.28. The summed E-state index contributed by atoms with van der Waals surface area (Å²) in [4.78, 5) is 0. The van der Waals surface area contributed by atoms with Crippen LogP contribution in [0.1, 0.15) is 0 Å². The first-order chi connectivity index (χ1) is 8.04. The van der Waals surface area contributed by atoms with Crippen LogP contribution in [0.15, 0.2) is 16.3 Å². The minimum absolute atomic E-state index is 0.175. The van der Waals surface area contributed by atoms with Gasteiger partial charge in [-0.3, -0.25) is 0 Å². The molecule has 96 valence electrons. The van der Waals surface area contributed by atoms with E-state index in [4.69, 9.17) is 21.4 Å². The van der Waals surface area contributed by atoms with Gasteiger partial charge in [-0.15, -0.1) is 11.3 Å². The van der Waals surface area contributed by atoms with Gasteiger partial charge in [-0.1, -0.05) is 11.6 Å². The van der Waals surface area contributed by atoms with E-state index in [0.717, 1.165) is 11.3 Å². The van der Waals surface area contributed by atoms with Gasteiger partial charge >= 0.3 is 0 Å². The largest absolute Gasteiger partial charge is 0.394 e. The van der Waals surface area contributed by atoms with Gasteiger partial charge in [0, 0.05) is 13.1 Å². The first-order valence-electron chi connectivity index (χ1n) is 5.02. The quantitative estimate of drug-likeness (QED) is 0.895. The zero-order valence-electron chi connectivity index (χ0n) is 8.87. The molecule has 2 rings (SSSR count). The average Bonchev–Trinajstić information content (AvgIpc) is 2.76. The number of ether oxygens (including phenoxy) is 1. The lowest BCUT2D eigenvalue weighted by Crippen LogP contribution is -2.46. The fraction of sp³-hybridized carbons (Fsp3) is 0.556. The molecule has 0 bridgehead atoms. The second-order valence-corrected chi connectivity index (χ2v) is 7.48. The molecule has 0 spiro atoms. The number of hydrogen-bond acceptors (Lipinski definition) is 5. The Morgan fingerprint density at radius 1 is 1.59 bits per heavy atom. The molecule has 17 heavy (non-hydrogen) atoms. The Morgan fingerprint density at radius 3 is 2.94 bits per heavy atom. The van der Waals surface area contributed by atoms with E-state index in [0.29, 0.717) is 17.5 Å². The van der Waals surface area contributed by atoms with Gasteiger partial charge in [0.1, 0.15) is 4.21 Å². The van der Waals surface area contributed by atoms with E-state index in [-0.39, 0.29) is 17.4 Å². The minimum Gasteiger partial charge on any atom is -0.394 e. The van der Waals surface area contributed by atoms with Gasteiger partial charge in [-0.25, -0.2) is 8.42 Å². The maximum atomic E-state index is 12.2.